The number of aromatic nitrogens is 4. The summed E-state index contributed by atoms with van der Waals surface area (Å²) in [6.45, 7) is 3.86. The normalized spacial score (nSPS) is 12.7. The summed E-state index contributed by atoms with van der Waals surface area (Å²) in [5.74, 6) is 1.00. The molecule has 0 fully saturated rings. The average Bonchev–Trinajstić information content (AvgIpc) is 2.81. The van der Waals surface area contributed by atoms with Crippen molar-refractivity contribution in [3.63, 3.8) is 0 Å². The highest BCUT2D eigenvalue weighted by Gasteiger charge is 2.14. The zero-order chi connectivity index (χ0) is 12.3. The maximum atomic E-state index is 10.0. The first-order valence-electron chi connectivity index (χ1n) is 5.31. The number of nitrogens with zero attached hydrogens (tertiary/aromatic N) is 3. The molecular formula is C11H14N4O2. The van der Waals surface area contributed by atoms with E-state index in [-0.39, 0.29) is 6.10 Å². The van der Waals surface area contributed by atoms with Crippen LogP contribution in [0.2, 0.25) is 0 Å². The summed E-state index contributed by atoms with van der Waals surface area (Å²) in [6.07, 6.45) is 3.72. The Morgan fingerprint density at radius 2 is 2.18 bits per heavy atom. The van der Waals surface area contributed by atoms with E-state index >= 15 is 0 Å². The van der Waals surface area contributed by atoms with E-state index in [0.29, 0.717) is 17.1 Å². The molecule has 0 saturated carbocycles. The van der Waals surface area contributed by atoms with E-state index in [2.05, 4.69) is 20.2 Å². The van der Waals surface area contributed by atoms with Crippen LogP contribution in [-0.4, -0.2) is 31.4 Å². The number of aromatic amines is 1. The Bertz CT molecular complexity index is 470. The van der Waals surface area contributed by atoms with Crippen molar-refractivity contribution in [2.75, 3.05) is 0 Å². The number of nitrogens with one attached hydrogen (secondary N) is 1. The predicted molar refractivity (Wildman–Crippen MR) is 60.4 cm³/mol. The number of hydrogen-bond donors (Lipinski definition) is 2. The van der Waals surface area contributed by atoms with E-state index in [1.807, 2.05) is 13.8 Å². The Morgan fingerprint density at radius 3 is 2.82 bits per heavy atom. The predicted octanol–water partition coefficient (Wildman–Crippen LogP) is 1.07. The summed E-state index contributed by atoms with van der Waals surface area (Å²) < 4.78 is 5.50. The van der Waals surface area contributed by atoms with Gasteiger partial charge in [0, 0.05) is 11.8 Å². The molecule has 0 spiro atoms. The van der Waals surface area contributed by atoms with Gasteiger partial charge in [0.1, 0.15) is 18.2 Å². The van der Waals surface area contributed by atoms with Gasteiger partial charge < -0.3 is 9.84 Å². The maximum absolute atomic E-state index is 10.0. The third-order valence-electron chi connectivity index (χ3n) is 2.11. The van der Waals surface area contributed by atoms with Crippen LogP contribution in [0.25, 0.3) is 0 Å². The van der Waals surface area contributed by atoms with Gasteiger partial charge in [-0.1, -0.05) is 0 Å². The van der Waals surface area contributed by atoms with Gasteiger partial charge in [0.2, 0.25) is 0 Å². The second kappa shape index (κ2) is 4.92. The standard InChI is InChI=1S/C11H14N4O2/c1-7(2)17-9-3-8(4-12-5-9)10(16)11-13-6-14-15-11/h3-7,10,16H,1-2H3,(H,13,14,15). The summed E-state index contributed by atoms with van der Waals surface area (Å²) >= 11 is 0. The Morgan fingerprint density at radius 1 is 1.35 bits per heavy atom. The minimum absolute atomic E-state index is 0.0643. The lowest BCUT2D eigenvalue weighted by Gasteiger charge is -2.12. The second-order valence-corrected chi connectivity index (χ2v) is 3.89. The fraction of sp³-hybridized carbons (Fsp3) is 0.364. The van der Waals surface area contributed by atoms with Gasteiger partial charge in [-0.05, 0) is 19.9 Å². The molecule has 2 N–H and O–H groups in total. The molecule has 0 aliphatic carbocycles. The number of hydrogen-bond acceptors (Lipinski definition) is 5. The largest absolute Gasteiger partial charge is 0.489 e. The summed E-state index contributed by atoms with van der Waals surface area (Å²) in [6, 6.07) is 1.74. The van der Waals surface area contributed by atoms with Gasteiger partial charge >= 0.3 is 0 Å². The lowest BCUT2D eigenvalue weighted by molar-refractivity contribution is 0.207. The molecule has 0 aliphatic heterocycles. The fourth-order valence-corrected chi connectivity index (χ4v) is 1.43. The highest BCUT2D eigenvalue weighted by Crippen LogP contribution is 2.21. The summed E-state index contributed by atoms with van der Waals surface area (Å²) in [4.78, 5) is 7.92. The molecule has 2 heterocycles. The van der Waals surface area contributed by atoms with E-state index in [9.17, 15) is 5.11 Å². The summed E-state index contributed by atoms with van der Waals surface area (Å²) in [7, 11) is 0. The number of rotatable bonds is 4. The third-order valence-corrected chi connectivity index (χ3v) is 2.11. The minimum atomic E-state index is -0.874. The van der Waals surface area contributed by atoms with Crippen molar-refractivity contribution in [3.05, 3.63) is 36.2 Å². The van der Waals surface area contributed by atoms with Gasteiger partial charge in [0.25, 0.3) is 0 Å². The van der Waals surface area contributed by atoms with E-state index < -0.39 is 6.10 Å². The number of aliphatic hydroxyl groups is 1. The molecule has 0 saturated heterocycles. The first kappa shape index (κ1) is 11.5. The van der Waals surface area contributed by atoms with E-state index in [1.165, 1.54) is 6.33 Å². The zero-order valence-electron chi connectivity index (χ0n) is 9.66. The van der Waals surface area contributed by atoms with Crippen molar-refractivity contribution in [3.8, 4) is 5.75 Å². The van der Waals surface area contributed by atoms with Crippen molar-refractivity contribution in [1.82, 2.24) is 20.2 Å². The molecule has 2 aromatic rings. The van der Waals surface area contributed by atoms with Crippen molar-refractivity contribution in [2.45, 2.75) is 26.1 Å². The molecule has 1 unspecified atom stereocenters. The number of H-pyrrole nitrogens is 1. The number of pyridine rings is 1. The van der Waals surface area contributed by atoms with Crippen LogP contribution in [0.5, 0.6) is 5.75 Å². The molecule has 6 heteroatoms. The monoisotopic (exact) mass is 234 g/mol. The van der Waals surface area contributed by atoms with E-state index in [0.717, 1.165) is 0 Å². The second-order valence-electron chi connectivity index (χ2n) is 3.89. The fourth-order valence-electron chi connectivity index (χ4n) is 1.43. The quantitative estimate of drug-likeness (QED) is 0.826. The smallest absolute Gasteiger partial charge is 0.157 e. The molecule has 2 aromatic heterocycles. The lowest BCUT2D eigenvalue weighted by Crippen LogP contribution is -2.07. The Kier molecular flexibility index (Phi) is 3.34. The van der Waals surface area contributed by atoms with Crippen molar-refractivity contribution >= 4 is 0 Å². The molecule has 0 radical (unpaired) electrons. The van der Waals surface area contributed by atoms with E-state index in [4.69, 9.17) is 4.74 Å². The molecule has 0 aromatic carbocycles. The summed E-state index contributed by atoms with van der Waals surface area (Å²) in [5, 5.41) is 16.3. The Hall–Kier alpha value is -1.95. The van der Waals surface area contributed by atoms with Crippen LogP contribution in [-0.2, 0) is 0 Å². The minimum Gasteiger partial charge on any atom is -0.489 e. The van der Waals surface area contributed by atoms with Crippen molar-refractivity contribution < 1.29 is 9.84 Å². The van der Waals surface area contributed by atoms with Crippen LogP contribution >= 0.6 is 0 Å². The molecule has 0 aliphatic rings. The van der Waals surface area contributed by atoms with Crippen molar-refractivity contribution in [2.24, 2.45) is 0 Å². The van der Waals surface area contributed by atoms with Gasteiger partial charge in [-0.2, -0.15) is 5.10 Å². The zero-order valence-corrected chi connectivity index (χ0v) is 9.66. The van der Waals surface area contributed by atoms with Crippen LogP contribution in [0.1, 0.15) is 31.3 Å². The SMILES string of the molecule is CC(C)Oc1cncc(C(O)c2ncn[nH]2)c1. The first-order valence-corrected chi connectivity index (χ1v) is 5.31. The highest BCUT2D eigenvalue weighted by atomic mass is 16.5. The van der Waals surface area contributed by atoms with Gasteiger partial charge in [-0.3, -0.25) is 10.1 Å². The molecule has 0 bridgehead atoms. The van der Waals surface area contributed by atoms with E-state index in [1.54, 1.807) is 18.5 Å². The molecule has 2 rings (SSSR count). The number of ether oxygens (including phenoxy) is 1. The van der Waals surface area contributed by atoms with Crippen LogP contribution in [0, 0.1) is 0 Å². The van der Waals surface area contributed by atoms with Crippen LogP contribution in [0.3, 0.4) is 0 Å². The van der Waals surface area contributed by atoms with Gasteiger partial charge in [0.05, 0.1) is 12.3 Å². The Labute approximate surface area is 98.7 Å². The van der Waals surface area contributed by atoms with Crippen LogP contribution in [0.4, 0.5) is 0 Å². The van der Waals surface area contributed by atoms with Gasteiger partial charge in [0.15, 0.2) is 5.82 Å². The third kappa shape index (κ3) is 2.79. The number of aliphatic hydroxyl groups excluding tert-OH is 1. The first-order chi connectivity index (χ1) is 8.16. The molecule has 17 heavy (non-hydrogen) atoms. The molecule has 6 nitrogen and oxygen atoms in total. The Balaban J connectivity index is 2.21. The molecule has 0 amide bonds. The molecule has 90 valence electrons. The van der Waals surface area contributed by atoms with Gasteiger partial charge in [-0.25, -0.2) is 4.98 Å². The topological polar surface area (TPSA) is 83.9 Å². The highest BCUT2D eigenvalue weighted by molar-refractivity contribution is 5.27. The van der Waals surface area contributed by atoms with Crippen molar-refractivity contribution in [1.29, 1.82) is 0 Å². The average molecular weight is 234 g/mol. The van der Waals surface area contributed by atoms with Crippen LogP contribution in [0.15, 0.2) is 24.8 Å². The van der Waals surface area contributed by atoms with Crippen LogP contribution < -0.4 is 4.74 Å². The molecule has 1 atom stereocenters. The summed E-state index contributed by atoms with van der Waals surface area (Å²) in [5.41, 5.74) is 0.611. The molecular weight excluding hydrogens is 220 g/mol. The maximum Gasteiger partial charge on any atom is 0.157 e. The van der Waals surface area contributed by atoms with Gasteiger partial charge in [-0.15, -0.1) is 0 Å². The lowest BCUT2D eigenvalue weighted by atomic mass is 10.1.